The fourth-order valence-electron chi connectivity index (χ4n) is 6.76. The van der Waals surface area contributed by atoms with Gasteiger partial charge in [-0.1, -0.05) is 55.5 Å². The molecule has 2 bridgehead atoms. The van der Waals surface area contributed by atoms with Crippen molar-refractivity contribution in [1.29, 1.82) is 0 Å². The third kappa shape index (κ3) is 3.14. The molecule has 0 spiro atoms. The molecule has 32 heavy (non-hydrogen) atoms. The SMILES string of the molecule is CCc1ccccc1NC(=O)c1ccc2c(c1)[C@H]1[C@H]3CC[C@@H](C3)[C@@H]1[C@H](c1ccccc1)N2. The van der Waals surface area contributed by atoms with Gasteiger partial charge in [0.25, 0.3) is 5.91 Å². The first-order valence-corrected chi connectivity index (χ1v) is 12.1. The fourth-order valence-corrected chi connectivity index (χ4v) is 6.76. The van der Waals surface area contributed by atoms with E-state index >= 15 is 0 Å². The van der Waals surface area contributed by atoms with Crippen molar-refractivity contribution < 1.29 is 4.79 Å². The van der Waals surface area contributed by atoms with Crippen LogP contribution in [0.25, 0.3) is 0 Å². The van der Waals surface area contributed by atoms with Crippen LogP contribution >= 0.6 is 0 Å². The minimum Gasteiger partial charge on any atom is -0.378 e. The highest BCUT2D eigenvalue weighted by molar-refractivity contribution is 6.05. The van der Waals surface area contributed by atoms with Gasteiger partial charge in [-0.2, -0.15) is 0 Å². The molecule has 1 heterocycles. The number of fused-ring (bicyclic) bond motifs is 7. The minimum absolute atomic E-state index is 0.0152. The third-order valence-electron chi connectivity index (χ3n) is 8.15. The van der Waals surface area contributed by atoms with Crippen LogP contribution in [0.3, 0.4) is 0 Å². The molecule has 2 fully saturated rings. The molecule has 3 aliphatic rings. The van der Waals surface area contributed by atoms with Crippen molar-refractivity contribution in [3.63, 3.8) is 0 Å². The van der Waals surface area contributed by atoms with E-state index in [0.717, 1.165) is 29.5 Å². The number of benzene rings is 3. The van der Waals surface area contributed by atoms with E-state index in [0.29, 0.717) is 17.9 Å². The van der Waals surface area contributed by atoms with Crippen LogP contribution in [0.5, 0.6) is 0 Å². The molecule has 2 saturated carbocycles. The number of para-hydroxylation sites is 1. The first kappa shape index (κ1) is 19.6. The number of hydrogen-bond donors (Lipinski definition) is 2. The predicted molar refractivity (Wildman–Crippen MR) is 130 cm³/mol. The van der Waals surface area contributed by atoms with E-state index in [1.54, 1.807) is 0 Å². The Bertz CT molecular complexity index is 1150. The molecule has 3 aromatic carbocycles. The van der Waals surface area contributed by atoms with Crippen molar-refractivity contribution in [2.75, 3.05) is 10.6 Å². The van der Waals surface area contributed by atoms with Gasteiger partial charge in [0, 0.05) is 16.9 Å². The molecule has 3 nitrogen and oxygen atoms in total. The second-order valence-corrected chi connectivity index (χ2v) is 9.74. The number of anilines is 2. The molecule has 0 saturated heterocycles. The molecule has 3 aromatic rings. The molecule has 0 unspecified atom stereocenters. The molecule has 5 atom stereocenters. The van der Waals surface area contributed by atoms with Crippen LogP contribution in [0.2, 0.25) is 0 Å². The largest absolute Gasteiger partial charge is 0.378 e. The summed E-state index contributed by atoms with van der Waals surface area (Å²) in [5.74, 6) is 2.67. The van der Waals surface area contributed by atoms with E-state index in [1.165, 1.54) is 41.6 Å². The van der Waals surface area contributed by atoms with Crippen molar-refractivity contribution in [3.8, 4) is 0 Å². The van der Waals surface area contributed by atoms with Gasteiger partial charge in [-0.3, -0.25) is 4.79 Å². The Morgan fingerprint density at radius 1 is 0.969 bits per heavy atom. The molecule has 6 rings (SSSR count). The fraction of sp³-hybridized carbons (Fsp3) is 0.345. The minimum atomic E-state index is -0.0152. The molecule has 0 radical (unpaired) electrons. The molecule has 1 aliphatic heterocycles. The first-order valence-electron chi connectivity index (χ1n) is 12.1. The van der Waals surface area contributed by atoms with Crippen LogP contribution in [0.4, 0.5) is 11.4 Å². The lowest BCUT2D eigenvalue weighted by Gasteiger charge is -2.43. The molecule has 162 valence electrons. The van der Waals surface area contributed by atoms with Gasteiger partial charge in [-0.05, 0) is 90.3 Å². The topological polar surface area (TPSA) is 41.1 Å². The number of hydrogen-bond acceptors (Lipinski definition) is 2. The van der Waals surface area contributed by atoms with Crippen LogP contribution in [0.1, 0.15) is 65.2 Å². The number of carbonyl (C=O) groups excluding carboxylic acids is 1. The summed E-state index contributed by atoms with van der Waals surface area (Å²) in [7, 11) is 0. The summed E-state index contributed by atoms with van der Waals surface area (Å²) in [6.07, 6.45) is 4.91. The average molecular weight is 423 g/mol. The molecule has 1 amide bonds. The van der Waals surface area contributed by atoms with E-state index in [4.69, 9.17) is 0 Å². The second-order valence-electron chi connectivity index (χ2n) is 9.74. The van der Waals surface area contributed by atoms with Crippen molar-refractivity contribution in [3.05, 3.63) is 95.1 Å². The zero-order chi connectivity index (χ0) is 21.7. The maximum atomic E-state index is 13.2. The van der Waals surface area contributed by atoms with Crippen molar-refractivity contribution in [2.45, 2.75) is 44.6 Å². The zero-order valence-electron chi connectivity index (χ0n) is 18.6. The second kappa shape index (κ2) is 7.81. The van der Waals surface area contributed by atoms with Gasteiger partial charge < -0.3 is 10.6 Å². The van der Waals surface area contributed by atoms with E-state index < -0.39 is 0 Å². The Kier molecular flexibility index (Phi) is 4.78. The molecule has 0 aromatic heterocycles. The van der Waals surface area contributed by atoms with Gasteiger partial charge in [0.2, 0.25) is 0 Å². The lowest BCUT2D eigenvalue weighted by atomic mass is 9.68. The maximum absolute atomic E-state index is 13.2. The summed E-state index contributed by atoms with van der Waals surface area (Å²) >= 11 is 0. The van der Waals surface area contributed by atoms with Gasteiger partial charge in [0.05, 0.1) is 6.04 Å². The standard InChI is InChI=1S/C29H30N2O/c1-2-18-8-6-7-11-24(18)31-29(32)22-14-15-25-23(17-22)26-20-12-13-21(16-20)27(26)28(30-25)19-9-4-3-5-10-19/h3-11,14-15,17,20-21,26-28,30H,2,12-13,16H2,1H3,(H,31,32)/t20-,21-,26+,27-,28-/m0/s1. The Hall–Kier alpha value is -3.07. The average Bonchev–Trinajstić information content (AvgIpc) is 3.47. The van der Waals surface area contributed by atoms with Crippen LogP contribution in [-0.2, 0) is 6.42 Å². The predicted octanol–water partition coefficient (Wildman–Crippen LogP) is 6.80. The van der Waals surface area contributed by atoms with Gasteiger partial charge in [-0.25, -0.2) is 0 Å². The Morgan fingerprint density at radius 2 is 1.75 bits per heavy atom. The van der Waals surface area contributed by atoms with Crippen molar-refractivity contribution in [2.24, 2.45) is 17.8 Å². The van der Waals surface area contributed by atoms with Crippen LogP contribution in [0.15, 0.2) is 72.8 Å². The van der Waals surface area contributed by atoms with Crippen molar-refractivity contribution in [1.82, 2.24) is 0 Å². The summed E-state index contributed by atoms with van der Waals surface area (Å²) in [4.78, 5) is 13.2. The lowest BCUT2D eigenvalue weighted by molar-refractivity contribution is 0.102. The van der Waals surface area contributed by atoms with Gasteiger partial charge in [0.15, 0.2) is 0 Å². The summed E-state index contributed by atoms with van der Waals surface area (Å²) in [5.41, 5.74) is 6.79. The van der Waals surface area contributed by atoms with Gasteiger partial charge in [-0.15, -0.1) is 0 Å². The van der Waals surface area contributed by atoms with Crippen LogP contribution in [0, 0.1) is 17.8 Å². The normalized spacial score (nSPS) is 27.3. The molecule has 2 aliphatic carbocycles. The molecular formula is C29H30N2O. The molecule has 3 heteroatoms. The van der Waals surface area contributed by atoms with E-state index in [1.807, 2.05) is 24.3 Å². The Labute approximate surface area is 190 Å². The highest BCUT2D eigenvalue weighted by Gasteiger charge is 2.53. The van der Waals surface area contributed by atoms with Gasteiger partial charge in [0.1, 0.15) is 0 Å². The maximum Gasteiger partial charge on any atom is 0.255 e. The Morgan fingerprint density at radius 3 is 2.59 bits per heavy atom. The highest BCUT2D eigenvalue weighted by Crippen LogP contribution is 2.63. The van der Waals surface area contributed by atoms with Crippen LogP contribution < -0.4 is 10.6 Å². The van der Waals surface area contributed by atoms with E-state index in [-0.39, 0.29) is 5.91 Å². The highest BCUT2D eigenvalue weighted by atomic mass is 16.1. The zero-order valence-corrected chi connectivity index (χ0v) is 18.6. The number of carbonyl (C=O) groups is 1. The monoisotopic (exact) mass is 422 g/mol. The summed E-state index contributed by atoms with van der Waals surface area (Å²) < 4.78 is 0. The summed E-state index contributed by atoms with van der Waals surface area (Å²) in [5, 5.41) is 7.03. The number of nitrogens with one attached hydrogen (secondary N) is 2. The van der Waals surface area contributed by atoms with E-state index in [9.17, 15) is 4.79 Å². The number of amides is 1. The number of aryl methyl sites for hydroxylation is 1. The van der Waals surface area contributed by atoms with Crippen LogP contribution in [-0.4, -0.2) is 5.91 Å². The Balaban J connectivity index is 1.35. The quantitative estimate of drug-likeness (QED) is 0.485. The smallest absolute Gasteiger partial charge is 0.255 e. The molecular weight excluding hydrogens is 392 g/mol. The third-order valence-corrected chi connectivity index (χ3v) is 8.15. The van der Waals surface area contributed by atoms with Gasteiger partial charge >= 0.3 is 0 Å². The number of rotatable bonds is 4. The van der Waals surface area contributed by atoms with E-state index in [2.05, 4.69) is 66.1 Å². The first-order chi connectivity index (χ1) is 15.7. The molecule has 2 N–H and O–H groups in total. The lowest BCUT2D eigenvalue weighted by Crippen LogP contribution is -2.35. The summed E-state index contributed by atoms with van der Waals surface area (Å²) in [6.45, 7) is 2.12. The summed E-state index contributed by atoms with van der Waals surface area (Å²) in [6, 6.07) is 25.6. The van der Waals surface area contributed by atoms with Crippen molar-refractivity contribution >= 4 is 17.3 Å².